The maximum absolute atomic E-state index is 5.47. The molecule has 0 unspecified atom stereocenters. The molecule has 3 rings (SSSR count). The van der Waals surface area contributed by atoms with Crippen molar-refractivity contribution in [2.45, 2.75) is 6.54 Å². The number of hydrogen-bond donors (Lipinski definition) is 1. The Hall–Kier alpha value is -1.68. The number of para-hydroxylation sites is 1. The van der Waals surface area contributed by atoms with Crippen LogP contribution in [-0.4, -0.2) is 6.79 Å². The highest BCUT2D eigenvalue weighted by Crippen LogP contribution is 2.35. The van der Waals surface area contributed by atoms with Gasteiger partial charge in [-0.25, -0.2) is 0 Å². The van der Waals surface area contributed by atoms with Gasteiger partial charge in [-0.3, -0.25) is 0 Å². The third kappa shape index (κ3) is 2.29. The summed E-state index contributed by atoms with van der Waals surface area (Å²) in [5, 5.41) is 3.36. The second kappa shape index (κ2) is 4.90. The summed E-state index contributed by atoms with van der Waals surface area (Å²) in [5.41, 5.74) is 2.18. The summed E-state index contributed by atoms with van der Waals surface area (Å²) < 4.78 is 11.9. The maximum atomic E-state index is 5.47. The zero-order chi connectivity index (χ0) is 12.4. The van der Waals surface area contributed by atoms with E-state index in [0.717, 1.165) is 27.2 Å². The van der Waals surface area contributed by atoms with E-state index in [1.807, 2.05) is 42.5 Å². The van der Waals surface area contributed by atoms with E-state index < -0.39 is 0 Å². The number of fused-ring (bicyclic) bond motifs is 1. The zero-order valence-corrected chi connectivity index (χ0v) is 11.2. The molecule has 0 spiro atoms. The Balaban J connectivity index is 1.74. The molecule has 0 bridgehead atoms. The molecule has 0 saturated carbocycles. The number of hydrogen-bond acceptors (Lipinski definition) is 3. The highest BCUT2D eigenvalue weighted by atomic mass is 79.9. The van der Waals surface area contributed by atoms with E-state index in [4.69, 9.17) is 9.47 Å². The Morgan fingerprint density at radius 2 is 1.89 bits per heavy atom. The van der Waals surface area contributed by atoms with Crippen LogP contribution in [0.2, 0.25) is 0 Å². The van der Waals surface area contributed by atoms with Crippen molar-refractivity contribution in [3.8, 4) is 11.5 Å². The molecule has 1 aliphatic heterocycles. The first-order chi connectivity index (χ1) is 8.83. The molecule has 4 heteroatoms. The van der Waals surface area contributed by atoms with Gasteiger partial charge in [0, 0.05) is 22.3 Å². The minimum Gasteiger partial charge on any atom is -0.454 e. The van der Waals surface area contributed by atoms with Crippen LogP contribution >= 0.6 is 15.9 Å². The molecule has 2 aromatic rings. The third-order valence-corrected chi connectivity index (χ3v) is 3.33. The molecule has 18 heavy (non-hydrogen) atoms. The summed E-state index contributed by atoms with van der Waals surface area (Å²) in [5.74, 6) is 1.67. The lowest BCUT2D eigenvalue weighted by Crippen LogP contribution is -2.01. The van der Waals surface area contributed by atoms with E-state index in [0.29, 0.717) is 13.3 Å². The first-order valence-electron chi connectivity index (χ1n) is 5.70. The Bertz CT molecular complexity index is 554. The van der Waals surface area contributed by atoms with Crippen molar-refractivity contribution in [1.29, 1.82) is 0 Å². The van der Waals surface area contributed by atoms with Crippen LogP contribution in [0.4, 0.5) is 5.69 Å². The van der Waals surface area contributed by atoms with Gasteiger partial charge in [0.1, 0.15) is 0 Å². The molecular weight excluding hydrogens is 294 g/mol. The number of anilines is 1. The van der Waals surface area contributed by atoms with Crippen molar-refractivity contribution in [3.63, 3.8) is 0 Å². The van der Waals surface area contributed by atoms with Crippen molar-refractivity contribution >= 4 is 21.6 Å². The van der Waals surface area contributed by atoms with E-state index in [9.17, 15) is 0 Å². The topological polar surface area (TPSA) is 30.5 Å². The predicted molar refractivity (Wildman–Crippen MR) is 74.0 cm³/mol. The molecule has 1 N–H and O–H groups in total. The third-order valence-electron chi connectivity index (χ3n) is 2.81. The fourth-order valence-electron chi connectivity index (χ4n) is 1.89. The van der Waals surface area contributed by atoms with E-state index >= 15 is 0 Å². The quantitative estimate of drug-likeness (QED) is 0.936. The SMILES string of the molecule is Brc1ccc(NCc2cccc3c2OCO3)cc1. The highest BCUT2D eigenvalue weighted by Gasteiger charge is 2.16. The van der Waals surface area contributed by atoms with Crippen LogP contribution in [0.15, 0.2) is 46.9 Å². The van der Waals surface area contributed by atoms with Crippen molar-refractivity contribution in [2.24, 2.45) is 0 Å². The molecule has 0 fully saturated rings. The molecule has 1 heterocycles. The highest BCUT2D eigenvalue weighted by molar-refractivity contribution is 9.10. The van der Waals surface area contributed by atoms with Gasteiger partial charge in [-0.15, -0.1) is 0 Å². The predicted octanol–water partition coefficient (Wildman–Crippen LogP) is 3.79. The Morgan fingerprint density at radius 1 is 1.06 bits per heavy atom. The minimum atomic E-state index is 0.310. The Morgan fingerprint density at radius 3 is 2.72 bits per heavy atom. The molecule has 2 aromatic carbocycles. The van der Waals surface area contributed by atoms with Gasteiger partial charge in [0.05, 0.1) is 0 Å². The first kappa shape index (κ1) is 11.4. The van der Waals surface area contributed by atoms with Crippen molar-refractivity contribution in [3.05, 3.63) is 52.5 Å². The van der Waals surface area contributed by atoms with Crippen LogP contribution in [0, 0.1) is 0 Å². The molecule has 0 saturated heterocycles. The van der Waals surface area contributed by atoms with Crippen LogP contribution in [-0.2, 0) is 6.54 Å². The molecule has 0 atom stereocenters. The fourth-order valence-corrected chi connectivity index (χ4v) is 2.16. The molecule has 92 valence electrons. The lowest BCUT2D eigenvalue weighted by atomic mass is 10.2. The van der Waals surface area contributed by atoms with Gasteiger partial charge < -0.3 is 14.8 Å². The average molecular weight is 306 g/mol. The largest absolute Gasteiger partial charge is 0.454 e. The van der Waals surface area contributed by atoms with Crippen LogP contribution in [0.25, 0.3) is 0 Å². The van der Waals surface area contributed by atoms with Gasteiger partial charge >= 0.3 is 0 Å². The number of halogens is 1. The molecule has 0 aliphatic carbocycles. The molecule has 0 amide bonds. The summed E-state index contributed by atoms with van der Waals surface area (Å²) in [6, 6.07) is 14.0. The molecule has 3 nitrogen and oxygen atoms in total. The summed E-state index contributed by atoms with van der Waals surface area (Å²) in [6.45, 7) is 1.03. The zero-order valence-electron chi connectivity index (χ0n) is 9.65. The van der Waals surface area contributed by atoms with Gasteiger partial charge in [-0.05, 0) is 30.3 Å². The lowest BCUT2D eigenvalue weighted by Gasteiger charge is -2.08. The van der Waals surface area contributed by atoms with E-state index in [1.54, 1.807) is 0 Å². The average Bonchev–Trinajstić information content (AvgIpc) is 2.87. The number of rotatable bonds is 3. The molecule has 0 radical (unpaired) electrons. The van der Waals surface area contributed by atoms with Crippen LogP contribution in [0.1, 0.15) is 5.56 Å². The molecule has 0 aromatic heterocycles. The fraction of sp³-hybridized carbons (Fsp3) is 0.143. The van der Waals surface area contributed by atoms with Crippen molar-refractivity contribution in [2.75, 3.05) is 12.1 Å². The van der Waals surface area contributed by atoms with E-state index in [2.05, 4.69) is 21.2 Å². The monoisotopic (exact) mass is 305 g/mol. The Kier molecular flexibility index (Phi) is 3.11. The second-order valence-corrected chi connectivity index (χ2v) is 4.93. The number of benzene rings is 2. The van der Waals surface area contributed by atoms with Gasteiger partial charge in [0.25, 0.3) is 0 Å². The normalized spacial score (nSPS) is 12.5. The van der Waals surface area contributed by atoms with Crippen LogP contribution < -0.4 is 14.8 Å². The minimum absolute atomic E-state index is 0.310. The van der Waals surface area contributed by atoms with Crippen molar-refractivity contribution < 1.29 is 9.47 Å². The van der Waals surface area contributed by atoms with E-state index in [1.165, 1.54) is 0 Å². The van der Waals surface area contributed by atoms with Gasteiger partial charge in [-0.2, -0.15) is 0 Å². The van der Waals surface area contributed by atoms with Crippen molar-refractivity contribution in [1.82, 2.24) is 0 Å². The number of ether oxygens (including phenoxy) is 2. The van der Waals surface area contributed by atoms with Crippen LogP contribution in [0.5, 0.6) is 11.5 Å². The smallest absolute Gasteiger partial charge is 0.231 e. The first-order valence-corrected chi connectivity index (χ1v) is 6.49. The second-order valence-electron chi connectivity index (χ2n) is 4.01. The standard InChI is InChI=1S/C14H12BrNO2/c15-11-4-6-12(7-5-11)16-8-10-2-1-3-13-14(10)18-9-17-13/h1-7,16H,8-9H2. The van der Waals surface area contributed by atoms with Gasteiger partial charge in [0.2, 0.25) is 6.79 Å². The summed E-state index contributed by atoms with van der Waals surface area (Å²) in [4.78, 5) is 0. The maximum Gasteiger partial charge on any atom is 0.231 e. The van der Waals surface area contributed by atoms with Gasteiger partial charge in [0.15, 0.2) is 11.5 Å². The van der Waals surface area contributed by atoms with E-state index in [-0.39, 0.29) is 0 Å². The van der Waals surface area contributed by atoms with Crippen LogP contribution in [0.3, 0.4) is 0 Å². The number of nitrogens with one attached hydrogen (secondary N) is 1. The molecular formula is C14H12BrNO2. The lowest BCUT2D eigenvalue weighted by molar-refractivity contribution is 0.173. The summed E-state index contributed by atoms with van der Waals surface area (Å²) in [7, 11) is 0. The Labute approximate surface area is 114 Å². The molecule has 1 aliphatic rings. The summed E-state index contributed by atoms with van der Waals surface area (Å²) in [6.07, 6.45) is 0. The van der Waals surface area contributed by atoms with Gasteiger partial charge in [-0.1, -0.05) is 28.1 Å². The summed E-state index contributed by atoms with van der Waals surface area (Å²) >= 11 is 3.42.